The zero-order valence-electron chi connectivity index (χ0n) is 12.7. The standard InChI is InChI=1S/C14H15N7O2/c1-10-18-14(21(22)23)13(19(10)2)16-9-11-4-5-12(15-8-11)20-7-3-6-17-20/h3-8,16H,9H2,1-2H3. The zero-order chi connectivity index (χ0) is 16.4. The number of imidazole rings is 1. The molecule has 1 N–H and O–H groups in total. The smallest absolute Gasteiger partial charge is 0.360 e. The molecule has 9 heteroatoms. The molecular formula is C14H15N7O2. The molecule has 0 atom stereocenters. The molecule has 3 aromatic rings. The Morgan fingerprint density at radius 3 is 2.83 bits per heavy atom. The molecule has 3 rings (SSSR count). The van der Waals surface area contributed by atoms with E-state index in [0.717, 1.165) is 5.56 Å². The lowest BCUT2D eigenvalue weighted by Crippen LogP contribution is -2.07. The molecule has 0 aromatic carbocycles. The van der Waals surface area contributed by atoms with E-state index in [9.17, 15) is 10.1 Å². The van der Waals surface area contributed by atoms with Gasteiger partial charge in [-0.15, -0.1) is 0 Å². The minimum Gasteiger partial charge on any atom is -0.360 e. The summed E-state index contributed by atoms with van der Waals surface area (Å²) in [4.78, 5) is 18.8. The molecule has 0 unspecified atom stereocenters. The maximum atomic E-state index is 11.0. The van der Waals surface area contributed by atoms with Crippen molar-refractivity contribution >= 4 is 11.6 Å². The van der Waals surface area contributed by atoms with E-state index in [2.05, 4.69) is 20.4 Å². The molecule has 9 nitrogen and oxygen atoms in total. The molecule has 0 saturated heterocycles. The van der Waals surface area contributed by atoms with E-state index in [0.29, 0.717) is 24.0 Å². The number of aromatic nitrogens is 5. The van der Waals surface area contributed by atoms with E-state index < -0.39 is 4.92 Å². The number of nitrogens with one attached hydrogen (secondary N) is 1. The number of nitro groups is 1. The second-order valence-corrected chi connectivity index (χ2v) is 4.98. The lowest BCUT2D eigenvalue weighted by molar-refractivity contribution is -0.388. The summed E-state index contributed by atoms with van der Waals surface area (Å²) in [5.74, 6) is 1.49. The van der Waals surface area contributed by atoms with E-state index in [1.165, 1.54) is 0 Å². The van der Waals surface area contributed by atoms with Crippen molar-refractivity contribution in [2.24, 2.45) is 7.05 Å². The van der Waals surface area contributed by atoms with Gasteiger partial charge in [-0.2, -0.15) is 5.10 Å². The SMILES string of the molecule is Cc1nc([N+](=O)[O-])c(NCc2ccc(-n3cccn3)nc2)n1C. The summed E-state index contributed by atoms with van der Waals surface area (Å²) in [6, 6.07) is 5.56. The van der Waals surface area contributed by atoms with Gasteiger partial charge < -0.3 is 15.4 Å². The van der Waals surface area contributed by atoms with Crippen LogP contribution in [0.5, 0.6) is 0 Å². The highest BCUT2D eigenvalue weighted by Crippen LogP contribution is 2.24. The fourth-order valence-corrected chi connectivity index (χ4v) is 2.16. The summed E-state index contributed by atoms with van der Waals surface area (Å²) >= 11 is 0. The monoisotopic (exact) mass is 313 g/mol. The van der Waals surface area contributed by atoms with Crippen molar-refractivity contribution < 1.29 is 4.92 Å². The largest absolute Gasteiger partial charge is 0.406 e. The van der Waals surface area contributed by atoms with Crippen LogP contribution >= 0.6 is 0 Å². The Morgan fingerprint density at radius 2 is 2.22 bits per heavy atom. The normalized spacial score (nSPS) is 10.7. The second kappa shape index (κ2) is 5.87. The molecule has 23 heavy (non-hydrogen) atoms. The highest BCUT2D eigenvalue weighted by molar-refractivity contribution is 5.53. The van der Waals surface area contributed by atoms with Crippen LogP contribution in [0.4, 0.5) is 11.6 Å². The van der Waals surface area contributed by atoms with Crippen molar-refractivity contribution in [1.82, 2.24) is 24.3 Å². The molecule has 0 aliphatic heterocycles. The Balaban J connectivity index is 1.75. The van der Waals surface area contributed by atoms with Crippen molar-refractivity contribution in [1.29, 1.82) is 0 Å². The zero-order valence-corrected chi connectivity index (χ0v) is 12.7. The lowest BCUT2D eigenvalue weighted by Gasteiger charge is -2.07. The molecule has 118 valence electrons. The summed E-state index contributed by atoms with van der Waals surface area (Å²) in [6.07, 6.45) is 5.20. The molecule has 0 spiro atoms. The average molecular weight is 313 g/mol. The summed E-state index contributed by atoms with van der Waals surface area (Å²) in [5, 5.41) is 18.2. The molecular weight excluding hydrogens is 298 g/mol. The van der Waals surface area contributed by atoms with E-state index in [1.54, 1.807) is 35.6 Å². The number of hydrogen-bond acceptors (Lipinski definition) is 6. The average Bonchev–Trinajstić information content (AvgIpc) is 3.16. The summed E-state index contributed by atoms with van der Waals surface area (Å²) in [5.41, 5.74) is 0.897. The van der Waals surface area contributed by atoms with Crippen LogP contribution < -0.4 is 5.32 Å². The van der Waals surface area contributed by atoms with Crippen molar-refractivity contribution in [3.63, 3.8) is 0 Å². The topological polar surface area (TPSA) is 104 Å². The van der Waals surface area contributed by atoms with Gasteiger partial charge in [-0.1, -0.05) is 6.07 Å². The van der Waals surface area contributed by atoms with Crippen molar-refractivity contribution in [2.75, 3.05) is 5.32 Å². The van der Waals surface area contributed by atoms with Gasteiger partial charge >= 0.3 is 5.82 Å². The third-order valence-electron chi connectivity index (χ3n) is 3.48. The predicted molar refractivity (Wildman–Crippen MR) is 83.3 cm³/mol. The number of nitrogens with zero attached hydrogens (tertiary/aromatic N) is 6. The third-order valence-corrected chi connectivity index (χ3v) is 3.48. The molecule has 3 aromatic heterocycles. The molecule has 0 amide bonds. The van der Waals surface area contributed by atoms with E-state index >= 15 is 0 Å². The third kappa shape index (κ3) is 2.89. The van der Waals surface area contributed by atoms with Crippen LogP contribution in [0.25, 0.3) is 5.82 Å². The predicted octanol–water partition coefficient (Wildman–Crippen LogP) is 1.83. The van der Waals surface area contributed by atoms with Crippen molar-refractivity contribution in [3.8, 4) is 5.82 Å². The van der Waals surface area contributed by atoms with E-state index in [1.807, 2.05) is 24.4 Å². The first-order chi connectivity index (χ1) is 11.1. The molecule has 3 heterocycles. The van der Waals surface area contributed by atoms with Crippen LogP contribution in [0.3, 0.4) is 0 Å². The summed E-state index contributed by atoms with van der Waals surface area (Å²) < 4.78 is 3.32. The van der Waals surface area contributed by atoms with Crippen molar-refractivity contribution in [2.45, 2.75) is 13.5 Å². The van der Waals surface area contributed by atoms with Gasteiger partial charge in [0.1, 0.15) is 0 Å². The quantitative estimate of drug-likeness (QED) is 0.569. The maximum absolute atomic E-state index is 11.0. The van der Waals surface area contributed by atoms with Crippen LogP contribution in [0.1, 0.15) is 11.4 Å². The lowest BCUT2D eigenvalue weighted by atomic mass is 10.3. The number of anilines is 1. The first-order valence-electron chi connectivity index (χ1n) is 6.93. The molecule has 0 bridgehead atoms. The number of hydrogen-bond donors (Lipinski definition) is 1. The van der Waals surface area contributed by atoms with Gasteiger partial charge in [0.25, 0.3) is 0 Å². The minimum atomic E-state index is -0.492. The molecule has 0 aliphatic carbocycles. The molecule has 0 saturated carbocycles. The Labute approximate surface area is 131 Å². The first kappa shape index (κ1) is 14.7. The second-order valence-electron chi connectivity index (χ2n) is 4.98. The van der Waals surface area contributed by atoms with Crippen molar-refractivity contribution in [3.05, 3.63) is 58.3 Å². The minimum absolute atomic E-state index is 0.175. The van der Waals surface area contributed by atoms with Crippen LogP contribution in [-0.2, 0) is 13.6 Å². The van der Waals surface area contributed by atoms with Crippen LogP contribution in [0, 0.1) is 17.0 Å². The number of pyridine rings is 1. The highest BCUT2D eigenvalue weighted by Gasteiger charge is 2.23. The Bertz CT molecular complexity index is 822. The highest BCUT2D eigenvalue weighted by atomic mass is 16.6. The Kier molecular flexibility index (Phi) is 3.75. The molecule has 0 radical (unpaired) electrons. The van der Waals surface area contributed by atoms with Crippen LogP contribution in [0.15, 0.2) is 36.8 Å². The maximum Gasteiger partial charge on any atom is 0.406 e. The van der Waals surface area contributed by atoms with Gasteiger partial charge in [-0.05, 0) is 27.6 Å². The molecule has 0 aliphatic rings. The van der Waals surface area contributed by atoms with Crippen LogP contribution in [0.2, 0.25) is 0 Å². The first-order valence-corrected chi connectivity index (χ1v) is 6.93. The number of rotatable bonds is 5. The summed E-state index contributed by atoms with van der Waals surface area (Å²) in [7, 11) is 1.73. The Hall–Kier alpha value is -3.23. The summed E-state index contributed by atoms with van der Waals surface area (Å²) in [6.45, 7) is 2.13. The Morgan fingerprint density at radius 1 is 1.39 bits per heavy atom. The number of aryl methyl sites for hydroxylation is 1. The molecule has 0 fully saturated rings. The van der Waals surface area contributed by atoms with Gasteiger partial charge in [0.2, 0.25) is 11.6 Å². The van der Waals surface area contributed by atoms with Gasteiger partial charge in [-0.25, -0.2) is 9.67 Å². The van der Waals surface area contributed by atoms with E-state index in [4.69, 9.17) is 0 Å². The fourth-order valence-electron chi connectivity index (χ4n) is 2.16. The van der Waals surface area contributed by atoms with Gasteiger partial charge in [0.15, 0.2) is 5.82 Å². The van der Waals surface area contributed by atoms with Gasteiger partial charge in [0, 0.05) is 39.1 Å². The van der Waals surface area contributed by atoms with E-state index in [-0.39, 0.29) is 5.82 Å². The fraction of sp³-hybridized carbons (Fsp3) is 0.214. The van der Waals surface area contributed by atoms with Crippen LogP contribution in [-0.4, -0.2) is 29.2 Å². The van der Waals surface area contributed by atoms with Gasteiger partial charge in [0.05, 0.1) is 0 Å². The van der Waals surface area contributed by atoms with Gasteiger partial charge in [-0.3, -0.25) is 4.57 Å².